The minimum absolute atomic E-state index is 0.659. The van der Waals surface area contributed by atoms with Gasteiger partial charge in [-0.15, -0.1) is 23.2 Å². The second-order valence-electron chi connectivity index (χ2n) is 3.19. The summed E-state index contributed by atoms with van der Waals surface area (Å²) < 4.78 is 5.47. The van der Waals surface area contributed by atoms with Crippen LogP contribution in [0.25, 0.3) is 0 Å². The fourth-order valence-electron chi connectivity index (χ4n) is 1.12. The molecule has 0 aromatic carbocycles. The Morgan fingerprint density at radius 3 is 2.14 bits per heavy atom. The van der Waals surface area contributed by atoms with Crippen molar-refractivity contribution in [3.63, 3.8) is 0 Å². The second-order valence-corrected chi connectivity index (χ2v) is 3.94. The summed E-state index contributed by atoms with van der Waals surface area (Å²) in [6, 6.07) is 0. The van der Waals surface area contributed by atoms with Crippen LogP contribution in [0, 0.1) is 0 Å². The van der Waals surface area contributed by atoms with E-state index in [1.807, 2.05) is 0 Å². The first-order valence-corrected chi connectivity index (χ1v) is 6.34. The van der Waals surface area contributed by atoms with Gasteiger partial charge in [0.2, 0.25) is 0 Å². The minimum Gasteiger partial charge on any atom is -0.380 e. The maximum absolute atomic E-state index is 5.67. The molecule has 0 aromatic heterocycles. The van der Waals surface area contributed by atoms with Crippen LogP contribution in [0.1, 0.15) is 19.8 Å². The third kappa shape index (κ3) is 9.07. The zero-order valence-corrected chi connectivity index (χ0v) is 10.5. The maximum atomic E-state index is 5.67. The van der Waals surface area contributed by atoms with Gasteiger partial charge in [0.1, 0.15) is 0 Å². The standard InChI is InChI=1S/C10H21Cl2NO/c1-2-3-9-14-10-8-13(6-4-11)7-5-12/h2-10H2,1H3. The van der Waals surface area contributed by atoms with Crippen LogP contribution in [0.15, 0.2) is 0 Å². The minimum atomic E-state index is 0.659. The monoisotopic (exact) mass is 241 g/mol. The van der Waals surface area contributed by atoms with Crippen LogP contribution in [0.4, 0.5) is 0 Å². The Labute approximate surface area is 97.5 Å². The van der Waals surface area contributed by atoms with Crippen molar-refractivity contribution in [3.05, 3.63) is 0 Å². The van der Waals surface area contributed by atoms with E-state index in [9.17, 15) is 0 Å². The summed E-state index contributed by atoms with van der Waals surface area (Å²) in [6.45, 7) is 6.54. The molecule has 0 aliphatic carbocycles. The van der Waals surface area contributed by atoms with Crippen LogP contribution in [0.3, 0.4) is 0 Å². The molecule has 0 bridgehead atoms. The number of halogens is 2. The van der Waals surface area contributed by atoms with Gasteiger partial charge in [-0.2, -0.15) is 0 Å². The predicted molar refractivity (Wildman–Crippen MR) is 63.6 cm³/mol. The summed E-state index contributed by atoms with van der Waals surface area (Å²) in [7, 11) is 0. The maximum Gasteiger partial charge on any atom is 0.0593 e. The summed E-state index contributed by atoms with van der Waals surface area (Å²) in [5.74, 6) is 1.32. The smallest absolute Gasteiger partial charge is 0.0593 e. The average molecular weight is 242 g/mol. The Hall–Kier alpha value is 0.500. The van der Waals surface area contributed by atoms with Gasteiger partial charge in [-0.1, -0.05) is 13.3 Å². The molecule has 0 aromatic rings. The lowest BCUT2D eigenvalue weighted by Gasteiger charge is -2.19. The number of hydrogen-bond donors (Lipinski definition) is 0. The summed E-state index contributed by atoms with van der Waals surface area (Å²) in [5, 5.41) is 0. The summed E-state index contributed by atoms with van der Waals surface area (Å²) in [5.41, 5.74) is 0. The molecule has 0 aliphatic rings. The van der Waals surface area contributed by atoms with Gasteiger partial charge in [0.25, 0.3) is 0 Å². The number of hydrogen-bond acceptors (Lipinski definition) is 2. The molecule has 0 amide bonds. The molecule has 0 radical (unpaired) electrons. The van der Waals surface area contributed by atoms with Crippen LogP contribution in [0.2, 0.25) is 0 Å². The molecule has 0 heterocycles. The molecule has 0 saturated heterocycles. The van der Waals surface area contributed by atoms with E-state index in [-0.39, 0.29) is 0 Å². The summed E-state index contributed by atoms with van der Waals surface area (Å²) in [6.07, 6.45) is 2.33. The van der Waals surface area contributed by atoms with Gasteiger partial charge < -0.3 is 4.74 Å². The lowest BCUT2D eigenvalue weighted by atomic mass is 10.4. The molecule has 0 aliphatic heterocycles. The highest BCUT2D eigenvalue weighted by Crippen LogP contribution is 1.93. The van der Waals surface area contributed by atoms with E-state index in [1.54, 1.807) is 0 Å². The molecular formula is C10H21Cl2NO. The fourth-order valence-corrected chi connectivity index (χ4v) is 1.59. The highest BCUT2D eigenvalue weighted by molar-refractivity contribution is 6.18. The molecule has 0 N–H and O–H groups in total. The van der Waals surface area contributed by atoms with E-state index in [1.165, 1.54) is 6.42 Å². The zero-order chi connectivity index (χ0) is 10.6. The molecule has 2 nitrogen and oxygen atoms in total. The highest BCUT2D eigenvalue weighted by atomic mass is 35.5. The molecule has 4 heteroatoms. The van der Waals surface area contributed by atoms with Gasteiger partial charge >= 0.3 is 0 Å². The number of unbranched alkanes of at least 4 members (excludes halogenated alkanes) is 1. The lowest BCUT2D eigenvalue weighted by molar-refractivity contribution is 0.105. The second kappa shape index (κ2) is 11.6. The Morgan fingerprint density at radius 2 is 1.64 bits per heavy atom. The third-order valence-corrected chi connectivity index (χ3v) is 2.33. The van der Waals surface area contributed by atoms with E-state index in [4.69, 9.17) is 27.9 Å². The number of alkyl halides is 2. The molecule has 0 saturated carbocycles. The van der Waals surface area contributed by atoms with Gasteiger partial charge in [0.05, 0.1) is 6.61 Å². The SMILES string of the molecule is CCCCOCCN(CCCl)CCCl. The van der Waals surface area contributed by atoms with Crippen LogP contribution in [-0.2, 0) is 4.74 Å². The normalized spacial score (nSPS) is 11.1. The molecular weight excluding hydrogens is 221 g/mol. The number of ether oxygens (including phenoxy) is 1. The van der Waals surface area contributed by atoms with Crippen LogP contribution >= 0.6 is 23.2 Å². The van der Waals surface area contributed by atoms with Gasteiger partial charge in [-0.05, 0) is 6.42 Å². The van der Waals surface area contributed by atoms with Gasteiger partial charge in [0.15, 0.2) is 0 Å². The van der Waals surface area contributed by atoms with Gasteiger partial charge in [-0.25, -0.2) is 0 Å². The molecule has 86 valence electrons. The van der Waals surface area contributed by atoms with Gasteiger partial charge in [-0.3, -0.25) is 4.90 Å². The fraction of sp³-hybridized carbons (Fsp3) is 1.00. The first kappa shape index (κ1) is 14.5. The van der Waals surface area contributed by atoms with Crippen LogP contribution in [-0.4, -0.2) is 49.5 Å². The average Bonchev–Trinajstić information content (AvgIpc) is 2.18. The quantitative estimate of drug-likeness (QED) is 0.431. The lowest BCUT2D eigenvalue weighted by Crippen LogP contribution is -2.31. The van der Waals surface area contributed by atoms with Crippen molar-refractivity contribution < 1.29 is 4.74 Å². The molecule has 0 spiro atoms. The van der Waals surface area contributed by atoms with Crippen LogP contribution in [0.5, 0.6) is 0 Å². The third-order valence-electron chi connectivity index (χ3n) is 2.00. The molecule has 0 unspecified atom stereocenters. The zero-order valence-electron chi connectivity index (χ0n) is 8.98. The van der Waals surface area contributed by atoms with Crippen molar-refractivity contribution in [2.45, 2.75) is 19.8 Å². The molecule has 0 fully saturated rings. The number of rotatable bonds is 10. The predicted octanol–water partition coefficient (Wildman–Crippen LogP) is 2.58. The van der Waals surface area contributed by atoms with Crippen molar-refractivity contribution in [2.24, 2.45) is 0 Å². The summed E-state index contributed by atoms with van der Waals surface area (Å²) in [4.78, 5) is 2.23. The van der Waals surface area contributed by atoms with Crippen molar-refractivity contribution in [2.75, 3.05) is 44.6 Å². The topological polar surface area (TPSA) is 12.5 Å². The Bertz CT molecular complexity index is 108. The van der Waals surface area contributed by atoms with E-state index in [0.29, 0.717) is 11.8 Å². The Morgan fingerprint density at radius 1 is 1.00 bits per heavy atom. The van der Waals surface area contributed by atoms with Crippen molar-refractivity contribution >= 4 is 23.2 Å². The van der Waals surface area contributed by atoms with Crippen molar-refractivity contribution in [1.82, 2.24) is 4.90 Å². The first-order chi connectivity index (χ1) is 6.85. The Balaban J connectivity index is 3.30. The number of nitrogens with zero attached hydrogens (tertiary/aromatic N) is 1. The highest BCUT2D eigenvalue weighted by Gasteiger charge is 2.02. The van der Waals surface area contributed by atoms with Crippen molar-refractivity contribution in [1.29, 1.82) is 0 Å². The van der Waals surface area contributed by atoms with Crippen LogP contribution < -0.4 is 0 Å². The molecule has 0 atom stereocenters. The molecule has 14 heavy (non-hydrogen) atoms. The van der Waals surface area contributed by atoms with E-state index in [0.717, 1.165) is 39.3 Å². The first-order valence-electron chi connectivity index (χ1n) is 5.27. The van der Waals surface area contributed by atoms with Crippen molar-refractivity contribution in [3.8, 4) is 0 Å². The van der Waals surface area contributed by atoms with E-state index >= 15 is 0 Å². The van der Waals surface area contributed by atoms with E-state index in [2.05, 4.69) is 11.8 Å². The molecule has 0 rings (SSSR count). The van der Waals surface area contributed by atoms with Gasteiger partial charge in [0, 0.05) is 38.0 Å². The Kier molecular flexibility index (Phi) is 12.0. The van der Waals surface area contributed by atoms with E-state index < -0.39 is 0 Å². The largest absolute Gasteiger partial charge is 0.380 e. The summed E-state index contributed by atoms with van der Waals surface area (Å²) >= 11 is 11.3.